The number of anilines is 3. The Bertz CT molecular complexity index is 1370. The number of hydrogen-bond donors (Lipinski definition) is 3. The Hall–Kier alpha value is -4.25. The molecule has 2 aromatic carbocycles. The fraction of sp³-hybridized carbons (Fsp3) is 0.0870. The zero-order chi connectivity index (χ0) is 25.2. The molecule has 0 aliphatic carbocycles. The van der Waals surface area contributed by atoms with E-state index in [2.05, 4.69) is 20.7 Å². The third-order valence-corrected chi connectivity index (χ3v) is 5.12. The predicted octanol–water partition coefficient (Wildman–Crippen LogP) is 6.17. The minimum Gasteiger partial charge on any atom is -0.453 e. The molecule has 2 aromatic heterocycles. The van der Waals surface area contributed by atoms with E-state index in [9.17, 15) is 18.0 Å². The van der Waals surface area contributed by atoms with Crippen molar-refractivity contribution in [1.29, 1.82) is 0 Å². The number of aromatic nitrogens is 3. The normalized spacial score (nSPS) is 11.2. The number of urea groups is 1. The second-order valence-corrected chi connectivity index (χ2v) is 7.82. The van der Waals surface area contributed by atoms with Gasteiger partial charge in [-0.2, -0.15) is 18.3 Å². The number of nitrogens with zero attached hydrogens (tertiary/aromatic N) is 3. The lowest BCUT2D eigenvalue weighted by Crippen LogP contribution is -2.19. The van der Waals surface area contributed by atoms with Gasteiger partial charge in [0.1, 0.15) is 5.75 Å². The molecular formula is C23H18ClF3N6O2. The van der Waals surface area contributed by atoms with Gasteiger partial charge in [0, 0.05) is 41.9 Å². The number of benzene rings is 2. The Morgan fingerprint density at radius 3 is 2.37 bits per heavy atom. The van der Waals surface area contributed by atoms with Gasteiger partial charge in [-0.3, -0.25) is 4.68 Å². The van der Waals surface area contributed by atoms with Crippen molar-refractivity contribution in [2.45, 2.75) is 6.18 Å². The minimum absolute atomic E-state index is 0.0596. The Morgan fingerprint density at radius 2 is 1.71 bits per heavy atom. The Morgan fingerprint density at radius 1 is 1.03 bits per heavy atom. The molecule has 8 nitrogen and oxygen atoms in total. The molecule has 12 heteroatoms. The highest BCUT2D eigenvalue weighted by atomic mass is 35.5. The van der Waals surface area contributed by atoms with Crippen LogP contribution in [0.4, 0.5) is 35.2 Å². The molecule has 0 saturated carbocycles. The van der Waals surface area contributed by atoms with E-state index in [1.165, 1.54) is 6.07 Å². The molecule has 0 saturated heterocycles. The maximum absolute atomic E-state index is 13.0. The molecule has 2 amide bonds. The number of carbonyl (C=O) groups excluding carboxylic acids is 1. The molecule has 0 spiro atoms. The SMILES string of the molecule is Cn1cc(-c2cnc(N)c(Oc3ccc(NC(=O)Nc4ccc(Cl)c(C(F)(F)F)c4)cc3)c2)cn1. The number of ether oxygens (including phenoxy) is 1. The average Bonchev–Trinajstić information content (AvgIpc) is 3.23. The van der Waals surface area contributed by atoms with Gasteiger partial charge in [0.2, 0.25) is 0 Å². The van der Waals surface area contributed by atoms with Crippen LogP contribution in [-0.4, -0.2) is 20.8 Å². The number of nitrogen functional groups attached to an aromatic ring is 1. The molecule has 0 atom stereocenters. The molecule has 0 fully saturated rings. The van der Waals surface area contributed by atoms with Crippen LogP contribution in [0.5, 0.6) is 11.5 Å². The molecular weight excluding hydrogens is 485 g/mol. The van der Waals surface area contributed by atoms with Gasteiger partial charge in [-0.1, -0.05) is 11.6 Å². The standard InChI is InChI=1S/C23H18ClF3N6O2/c1-33-12-14(11-30-33)13-8-20(21(28)29-10-13)35-17-5-2-15(3-6-17)31-22(34)32-16-4-7-19(24)18(9-16)23(25,26)27/h2-12H,1H3,(H2,28,29)(H2,31,32,34). The molecule has 35 heavy (non-hydrogen) atoms. The number of carbonyl (C=O) groups is 1. The lowest BCUT2D eigenvalue weighted by atomic mass is 10.1. The molecule has 0 unspecified atom stereocenters. The van der Waals surface area contributed by atoms with Crippen molar-refractivity contribution < 1.29 is 22.7 Å². The lowest BCUT2D eigenvalue weighted by molar-refractivity contribution is -0.137. The van der Waals surface area contributed by atoms with Crippen LogP contribution in [0.15, 0.2) is 67.1 Å². The molecule has 0 bridgehead atoms. The zero-order valence-corrected chi connectivity index (χ0v) is 18.9. The lowest BCUT2D eigenvalue weighted by Gasteiger charge is -2.13. The van der Waals surface area contributed by atoms with E-state index in [0.29, 0.717) is 17.2 Å². The molecule has 0 radical (unpaired) electrons. The largest absolute Gasteiger partial charge is 0.453 e. The second kappa shape index (κ2) is 9.55. The highest BCUT2D eigenvalue weighted by molar-refractivity contribution is 6.31. The van der Waals surface area contributed by atoms with Crippen molar-refractivity contribution >= 4 is 34.8 Å². The van der Waals surface area contributed by atoms with Crippen LogP contribution < -0.4 is 21.1 Å². The zero-order valence-electron chi connectivity index (χ0n) is 18.1. The van der Waals surface area contributed by atoms with E-state index in [1.54, 1.807) is 54.5 Å². The van der Waals surface area contributed by atoms with Crippen LogP contribution in [-0.2, 0) is 13.2 Å². The smallest absolute Gasteiger partial charge is 0.417 e. The molecule has 2 heterocycles. The van der Waals surface area contributed by atoms with Gasteiger partial charge in [-0.05, 0) is 48.5 Å². The molecule has 0 aliphatic heterocycles. The van der Waals surface area contributed by atoms with Crippen molar-refractivity contribution in [3.63, 3.8) is 0 Å². The average molecular weight is 503 g/mol. The van der Waals surface area contributed by atoms with Crippen LogP contribution in [0.2, 0.25) is 5.02 Å². The maximum Gasteiger partial charge on any atom is 0.417 e. The summed E-state index contributed by atoms with van der Waals surface area (Å²) in [5.41, 5.74) is 6.84. The van der Waals surface area contributed by atoms with Crippen LogP contribution in [0.3, 0.4) is 0 Å². The minimum atomic E-state index is -4.64. The van der Waals surface area contributed by atoms with E-state index < -0.39 is 22.8 Å². The number of alkyl halides is 3. The highest BCUT2D eigenvalue weighted by Crippen LogP contribution is 2.36. The molecule has 4 rings (SSSR count). The van der Waals surface area contributed by atoms with Gasteiger partial charge in [0.15, 0.2) is 11.6 Å². The predicted molar refractivity (Wildman–Crippen MR) is 126 cm³/mol. The summed E-state index contributed by atoms with van der Waals surface area (Å²) in [6, 6.07) is 10.4. The van der Waals surface area contributed by atoms with Crippen molar-refractivity contribution in [3.05, 3.63) is 77.7 Å². The summed E-state index contributed by atoms with van der Waals surface area (Å²) < 4.78 is 46.5. The van der Waals surface area contributed by atoms with E-state index in [-0.39, 0.29) is 11.5 Å². The van der Waals surface area contributed by atoms with Gasteiger partial charge in [-0.25, -0.2) is 9.78 Å². The Balaban J connectivity index is 1.41. The number of pyridine rings is 1. The summed E-state index contributed by atoms with van der Waals surface area (Å²) >= 11 is 5.59. The third-order valence-electron chi connectivity index (χ3n) is 4.79. The fourth-order valence-electron chi connectivity index (χ4n) is 3.11. The Kier molecular flexibility index (Phi) is 6.52. The van der Waals surface area contributed by atoms with E-state index in [1.807, 2.05) is 6.20 Å². The van der Waals surface area contributed by atoms with E-state index in [0.717, 1.165) is 23.3 Å². The summed E-state index contributed by atoms with van der Waals surface area (Å²) in [4.78, 5) is 16.4. The molecule has 4 N–H and O–H groups in total. The topological polar surface area (TPSA) is 107 Å². The summed E-state index contributed by atoms with van der Waals surface area (Å²) in [6.07, 6.45) is 0.494. The quantitative estimate of drug-likeness (QED) is 0.302. The van der Waals surface area contributed by atoms with Gasteiger partial charge in [0.25, 0.3) is 0 Å². The van der Waals surface area contributed by atoms with Crippen LogP contribution >= 0.6 is 11.6 Å². The number of nitrogens with two attached hydrogens (primary N) is 1. The van der Waals surface area contributed by atoms with Gasteiger partial charge < -0.3 is 21.1 Å². The summed E-state index contributed by atoms with van der Waals surface area (Å²) in [5.74, 6) is 0.966. The van der Waals surface area contributed by atoms with Gasteiger partial charge in [0.05, 0.1) is 16.8 Å². The first-order valence-corrected chi connectivity index (χ1v) is 10.4. The fourth-order valence-corrected chi connectivity index (χ4v) is 3.34. The first-order valence-electron chi connectivity index (χ1n) is 10.1. The van der Waals surface area contributed by atoms with E-state index in [4.69, 9.17) is 22.1 Å². The van der Waals surface area contributed by atoms with Crippen molar-refractivity contribution in [2.24, 2.45) is 7.05 Å². The second-order valence-electron chi connectivity index (χ2n) is 7.41. The van der Waals surface area contributed by atoms with Crippen LogP contribution in [0.25, 0.3) is 11.1 Å². The van der Waals surface area contributed by atoms with Crippen molar-refractivity contribution in [3.8, 4) is 22.6 Å². The number of amides is 2. The molecule has 0 aliphatic rings. The number of aryl methyl sites for hydroxylation is 1. The number of rotatable bonds is 5. The number of halogens is 4. The monoisotopic (exact) mass is 502 g/mol. The van der Waals surface area contributed by atoms with Crippen molar-refractivity contribution in [1.82, 2.24) is 14.8 Å². The van der Waals surface area contributed by atoms with Crippen LogP contribution in [0, 0.1) is 0 Å². The van der Waals surface area contributed by atoms with Crippen molar-refractivity contribution in [2.75, 3.05) is 16.4 Å². The molecule has 4 aromatic rings. The molecule has 180 valence electrons. The number of hydrogen-bond acceptors (Lipinski definition) is 5. The Labute approximate surface area is 202 Å². The summed E-state index contributed by atoms with van der Waals surface area (Å²) in [5, 5.41) is 8.55. The summed E-state index contributed by atoms with van der Waals surface area (Å²) in [6.45, 7) is 0. The third kappa shape index (κ3) is 5.82. The summed E-state index contributed by atoms with van der Waals surface area (Å²) in [7, 11) is 1.80. The van der Waals surface area contributed by atoms with Gasteiger partial charge in [-0.15, -0.1) is 0 Å². The maximum atomic E-state index is 13.0. The number of nitrogens with one attached hydrogen (secondary N) is 2. The first kappa shape index (κ1) is 23.9. The highest BCUT2D eigenvalue weighted by Gasteiger charge is 2.33. The van der Waals surface area contributed by atoms with E-state index >= 15 is 0 Å². The van der Waals surface area contributed by atoms with Gasteiger partial charge >= 0.3 is 12.2 Å². The van der Waals surface area contributed by atoms with Crippen LogP contribution in [0.1, 0.15) is 5.56 Å². The first-order chi connectivity index (χ1) is 16.6.